The van der Waals surface area contributed by atoms with Crippen LogP contribution in [-0.4, -0.2) is 9.54 Å². The first kappa shape index (κ1) is 13.3. The van der Waals surface area contributed by atoms with E-state index in [4.69, 9.17) is 0 Å². The highest BCUT2D eigenvalue weighted by Crippen LogP contribution is 2.14. The highest BCUT2D eigenvalue weighted by molar-refractivity contribution is 9.10. The van der Waals surface area contributed by atoms with Crippen LogP contribution in [0.15, 0.2) is 58.5 Å². The van der Waals surface area contributed by atoms with E-state index in [0.29, 0.717) is 5.75 Å². The SMILES string of the molecule is [O-][S+](/C=C/c1ccccn1)Cc1ccc(Br)cc1. The predicted octanol–water partition coefficient (Wildman–Crippen LogP) is 3.76. The molecule has 0 bridgehead atoms. The third-order valence-electron chi connectivity index (χ3n) is 2.30. The molecule has 18 heavy (non-hydrogen) atoms. The number of halogens is 1. The first-order chi connectivity index (χ1) is 8.74. The first-order valence-corrected chi connectivity index (χ1v) is 7.62. The Morgan fingerprint density at radius 2 is 1.94 bits per heavy atom. The van der Waals surface area contributed by atoms with Gasteiger partial charge in [-0.3, -0.25) is 4.98 Å². The van der Waals surface area contributed by atoms with Gasteiger partial charge in [-0.15, -0.1) is 0 Å². The molecule has 1 aromatic carbocycles. The van der Waals surface area contributed by atoms with Crippen molar-refractivity contribution in [2.75, 3.05) is 0 Å². The predicted molar refractivity (Wildman–Crippen MR) is 79.3 cm³/mol. The molecule has 1 atom stereocenters. The first-order valence-electron chi connectivity index (χ1n) is 5.45. The summed E-state index contributed by atoms with van der Waals surface area (Å²) < 4.78 is 12.9. The molecular formula is C14H12BrNOS. The van der Waals surface area contributed by atoms with E-state index in [1.54, 1.807) is 17.7 Å². The summed E-state index contributed by atoms with van der Waals surface area (Å²) in [4.78, 5) is 4.14. The zero-order chi connectivity index (χ0) is 12.8. The summed E-state index contributed by atoms with van der Waals surface area (Å²) in [6.45, 7) is 0. The van der Waals surface area contributed by atoms with Gasteiger partial charge in [-0.2, -0.15) is 0 Å². The Labute approximate surface area is 118 Å². The number of hydrogen-bond donors (Lipinski definition) is 0. The standard InChI is InChI=1S/C14H12BrNOS/c15-13-6-4-12(5-7-13)11-18(17)10-8-14-3-1-2-9-16-14/h1-10H,11H2/b10-8+. The van der Waals surface area contributed by atoms with Gasteiger partial charge in [0.05, 0.1) is 5.69 Å². The lowest BCUT2D eigenvalue weighted by atomic mass is 10.2. The Kier molecular flexibility index (Phi) is 4.99. The molecule has 0 aliphatic rings. The van der Waals surface area contributed by atoms with Gasteiger partial charge in [0.25, 0.3) is 0 Å². The van der Waals surface area contributed by atoms with Crippen molar-refractivity contribution in [2.24, 2.45) is 0 Å². The van der Waals surface area contributed by atoms with Crippen molar-refractivity contribution in [1.29, 1.82) is 0 Å². The summed E-state index contributed by atoms with van der Waals surface area (Å²) in [7, 11) is 0. The van der Waals surface area contributed by atoms with Crippen LogP contribution in [0.5, 0.6) is 0 Å². The van der Waals surface area contributed by atoms with Crippen LogP contribution in [0, 0.1) is 0 Å². The third kappa shape index (κ3) is 4.29. The van der Waals surface area contributed by atoms with E-state index in [-0.39, 0.29) is 0 Å². The molecule has 0 fully saturated rings. The molecule has 2 aromatic rings. The van der Waals surface area contributed by atoms with Crippen molar-refractivity contribution in [2.45, 2.75) is 5.75 Å². The van der Waals surface area contributed by atoms with Crippen molar-refractivity contribution in [1.82, 2.24) is 4.98 Å². The van der Waals surface area contributed by atoms with Crippen molar-refractivity contribution < 1.29 is 4.55 Å². The highest BCUT2D eigenvalue weighted by Gasteiger charge is 2.03. The average molecular weight is 322 g/mol. The van der Waals surface area contributed by atoms with E-state index in [1.165, 1.54) is 0 Å². The van der Waals surface area contributed by atoms with Gasteiger partial charge >= 0.3 is 0 Å². The van der Waals surface area contributed by atoms with Gasteiger partial charge in [-0.05, 0) is 35.4 Å². The Morgan fingerprint density at radius 3 is 2.61 bits per heavy atom. The van der Waals surface area contributed by atoms with Crippen molar-refractivity contribution in [3.8, 4) is 0 Å². The quantitative estimate of drug-likeness (QED) is 0.804. The molecule has 92 valence electrons. The van der Waals surface area contributed by atoms with Gasteiger partial charge in [-0.25, -0.2) is 0 Å². The Bertz CT molecular complexity index is 513. The van der Waals surface area contributed by atoms with Gasteiger partial charge in [-0.1, -0.05) is 34.1 Å². The van der Waals surface area contributed by atoms with Crippen LogP contribution in [0.25, 0.3) is 6.08 Å². The molecule has 0 N–H and O–H groups in total. The number of rotatable bonds is 4. The fourth-order valence-corrected chi connectivity index (χ4v) is 2.59. The molecular weight excluding hydrogens is 310 g/mol. The fourth-order valence-electron chi connectivity index (χ4n) is 1.41. The minimum atomic E-state index is -1.01. The Hall–Kier alpha value is -1.10. The van der Waals surface area contributed by atoms with Crippen LogP contribution in [0.3, 0.4) is 0 Å². The highest BCUT2D eigenvalue weighted by atomic mass is 79.9. The molecule has 0 aliphatic carbocycles. The molecule has 2 rings (SSSR count). The normalized spacial score (nSPS) is 12.8. The zero-order valence-electron chi connectivity index (χ0n) is 9.62. The molecule has 1 aromatic heterocycles. The molecule has 0 saturated carbocycles. The van der Waals surface area contributed by atoms with Gasteiger partial charge < -0.3 is 4.55 Å². The molecule has 0 radical (unpaired) electrons. The van der Waals surface area contributed by atoms with Crippen LogP contribution < -0.4 is 0 Å². The van der Waals surface area contributed by atoms with Crippen molar-refractivity contribution >= 4 is 33.2 Å². The minimum absolute atomic E-state index is 0.524. The maximum Gasteiger partial charge on any atom is 0.135 e. The van der Waals surface area contributed by atoms with Gasteiger partial charge in [0.2, 0.25) is 0 Å². The van der Waals surface area contributed by atoms with E-state index in [2.05, 4.69) is 20.9 Å². The average Bonchev–Trinajstić information content (AvgIpc) is 2.40. The number of nitrogens with zero attached hydrogens (tertiary/aromatic N) is 1. The second-order valence-corrected chi connectivity index (χ2v) is 5.95. The molecule has 0 aliphatic heterocycles. The number of benzene rings is 1. The maximum absolute atomic E-state index is 11.9. The lowest BCUT2D eigenvalue weighted by Crippen LogP contribution is -1.99. The second kappa shape index (κ2) is 6.73. The summed E-state index contributed by atoms with van der Waals surface area (Å²) >= 11 is 2.36. The summed E-state index contributed by atoms with van der Waals surface area (Å²) in [6.07, 6.45) is 3.51. The van der Waals surface area contributed by atoms with Gasteiger partial charge in [0.15, 0.2) is 0 Å². The lowest BCUT2D eigenvalue weighted by molar-refractivity contribution is 0.603. The van der Waals surface area contributed by atoms with E-state index < -0.39 is 11.2 Å². The molecule has 0 spiro atoms. The number of pyridine rings is 1. The second-order valence-electron chi connectivity index (χ2n) is 3.71. The van der Waals surface area contributed by atoms with Crippen LogP contribution in [-0.2, 0) is 16.9 Å². The van der Waals surface area contributed by atoms with E-state index in [9.17, 15) is 4.55 Å². The zero-order valence-corrected chi connectivity index (χ0v) is 12.0. The largest absolute Gasteiger partial charge is 0.612 e. The molecule has 2 nitrogen and oxygen atoms in total. The number of aromatic nitrogens is 1. The van der Waals surface area contributed by atoms with Crippen LogP contribution in [0.1, 0.15) is 11.3 Å². The van der Waals surface area contributed by atoms with Crippen LogP contribution in [0.4, 0.5) is 0 Å². The van der Waals surface area contributed by atoms with Gasteiger partial charge in [0.1, 0.15) is 11.2 Å². The van der Waals surface area contributed by atoms with Crippen LogP contribution in [0.2, 0.25) is 0 Å². The third-order valence-corrected chi connectivity index (χ3v) is 3.89. The van der Waals surface area contributed by atoms with E-state index in [0.717, 1.165) is 15.7 Å². The summed E-state index contributed by atoms with van der Waals surface area (Å²) in [5.74, 6) is 0.524. The molecule has 1 heterocycles. The Balaban J connectivity index is 1.94. The molecule has 1 unspecified atom stereocenters. The lowest BCUT2D eigenvalue weighted by Gasteiger charge is -2.05. The number of hydrogen-bond acceptors (Lipinski definition) is 2. The molecule has 4 heteroatoms. The van der Waals surface area contributed by atoms with Crippen molar-refractivity contribution in [3.63, 3.8) is 0 Å². The molecule has 0 saturated heterocycles. The smallest absolute Gasteiger partial charge is 0.135 e. The van der Waals surface area contributed by atoms with Crippen LogP contribution >= 0.6 is 15.9 Å². The molecule has 0 amide bonds. The van der Waals surface area contributed by atoms with Gasteiger partial charge in [0, 0.05) is 22.3 Å². The summed E-state index contributed by atoms with van der Waals surface area (Å²) in [6, 6.07) is 13.5. The minimum Gasteiger partial charge on any atom is -0.612 e. The van der Waals surface area contributed by atoms with E-state index >= 15 is 0 Å². The monoisotopic (exact) mass is 321 g/mol. The van der Waals surface area contributed by atoms with E-state index in [1.807, 2.05) is 42.5 Å². The fraction of sp³-hybridized carbons (Fsp3) is 0.0714. The summed E-state index contributed by atoms with van der Waals surface area (Å²) in [5.41, 5.74) is 1.88. The summed E-state index contributed by atoms with van der Waals surface area (Å²) in [5, 5.41) is 1.68. The Morgan fingerprint density at radius 1 is 1.17 bits per heavy atom. The topological polar surface area (TPSA) is 36.0 Å². The maximum atomic E-state index is 11.9. The van der Waals surface area contributed by atoms with Crippen molar-refractivity contribution in [3.05, 3.63) is 69.8 Å².